The van der Waals surface area contributed by atoms with Crippen LogP contribution in [0.3, 0.4) is 0 Å². The van der Waals surface area contributed by atoms with Crippen molar-refractivity contribution in [3.63, 3.8) is 0 Å². The number of aryl methyl sites for hydroxylation is 1. The summed E-state index contributed by atoms with van der Waals surface area (Å²) in [5.74, 6) is 0.498. The van der Waals surface area contributed by atoms with Gasteiger partial charge >= 0.3 is 0 Å². The molecule has 0 aliphatic carbocycles. The predicted octanol–water partition coefficient (Wildman–Crippen LogP) is 3.77. The first kappa shape index (κ1) is 21.6. The Bertz CT molecular complexity index is 922. The number of ether oxygens (including phenoxy) is 1. The van der Waals surface area contributed by atoms with Crippen LogP contribution < -0.4 is 10.5 Å². The molecule has 0 radical (unpaired) electrons. The van der Waals surface area contributed by atoms with E-state index in [1.807, 2.05) is 19.1 Å². The summed E-state index contributed by atoms with van der Waals surface area (Å²) in [5.41, 5.74) is 8.55. The van der Waals surface area contributed by atoms with E-state index in [1.165, 1.54) is 13.2 Å². The molecule has 0 saturated carbocycles. The maximum atomic E-state index is 11.9. The van der Waals surface area contributed by atoms with Crippen LogP contribution in [0.25, 0.3) is 11.1 Å². The molecule has 1 atom stereocenters. The standard InChI is InChI=1S/C19H27NO5SSi/c1-13-6-9-19(26(21,22)23)16(10-13)15-11-14(7-8-17(15)24-2)18(12-20)25-27(3,4)5/h6-11,18H,12,20H2,1-5H3,(H,21,22,23). The Morgan fingerprint density at radius 3 is 2.30 bits per heavy atom. The topological polar surface area (TPSA) is 98.9 Å². The molecular weight excluding hydrogens is 382 g/mol. The van der Waals surface area contributed by atoms with Gasteiger partial charge in [-0.3, -0.25) is 4.55 Å². The van der Waals surface area contributed by atoms with Crippen molar-refractivity contribution in [3.8, 4) is 16.9 Å². The first-order valence-corrected chi connectivity index (χ1v) is 13.5. The van der Waals surface area contributed by atoms with Crippen LogP contribution in [0.15, 0.2) is 41.3 Å². The smallest absolute Gasteiger partial charge is 0.295 e. The third kappa shape index (κ3) is 5.39. The van der Waals surface area contributed by atoms with Crippen molar-refractivity contribution >= 4 is 18.4 Å². The van der Waals surface area contributed by atoms with E-state index in [1.54, 1.807) is 18.2 Å². The second kappa shape index (κ2) is 8.11. The molecule has 0 fully saturated rings. The molecule has 0 amide bonds. The van der Waals surface area contributed by atoms with Crippen LogP contribution in [0.5, 0.6) is 5.75 Å². The fourth-order valence-electron chi connectivity index (χ4n) is 2.89. The molecule has 0 saturated heterocycles. The predicted molar refractivity (Wildman–Crippen MR) is 109 cm³/mol. The quantitative estimate of drug-likeness (QED) is 0.533. The van der Waals surface area contributed by atoms with Gasteiger partial charge in [0.1, 0.15) is 10.6 Å². The first-order valence-electron chi connectivity index (χ1n) is 8.60. The Morgan fingerprint density at radius 2 is 1.78 bits per heavy atom. The van der Waals surface area contributed by atoms with E-state index in [-0.39, 0.29) is 11.0 Å². The van der Waals surface area contributed by atoms with Gasteiger partial charge in [0.25, 0.3) is 10.1 Å². The van der Waals surface area contributed by atoms with Gasteiger partial charge in [-0.05, 0) is 56.4 Å². The van der Waals surface area contributed by atoms with E-state index >= 15 is 0 Å². The van der Waals surface area contributed by atoms with Gasteiger partial charge in [0.15, 0.2) is 8.32 Å². The number of benzene rings is 2. The molecule has 0 aromatic heterocycles. The maximum Gasteiger partial charge on any atom is 0.295 e. The molecule has 0 spiro atoms. The number of rotatable bonds is 7. The van der Waals surface area contributed by atoms with Crippen molar-refractivity contribution in [1.82, 2.24) is 0 Å². The summed E-state index contributed by atoms with van der Waals surface area (Å²) in [5, 5.41) is 0. The molecule has 0 bridgehead atoms. The van der Waals surface area contributed by atoms with Crippen LogP contribution in [0.1, 0.15) is 17.2 Å². The molecule has 2 aromatic carbocycles. The molecule has 0 heterocycles. The van der Waals surface area contributed by atoms with Crippen molar-refractivity contribution in [2.24, 2.45) is 5.73 Å². The highest BCUT2D eigenvalue weighted by molar-refractivity contribution is 7.86. The Morgan fingerprint density at radius 1 is 1.11 bits per heavy atom. The largest absolute Gasteiger partial charge is 0.496 e. The van der Waals surface area contributed by atoms with Crippen molar-refractivity contribution in [1.29, 1.82) is 0 Å². The molecular formula is C19H27NO5SSi. The van der Waals surface area contributed by atoms with E-state index in [9.17, 15) is 13.0 Å². The van der Waals surface area contributed by atoms with Gasteiger partial charge in [-0.2, -0.15) is 8.42 Å². The number of hydrogen-bond donors (Lipinski definition) is 2. The summed E-state index contributed by atoms with van der Waals surface area (Å²) in [4.78, 5) is -0.168. The third-order valence-electron chi connectivity index (χ3n) is 4.01. The average Bonchev–Trinajstić information content (AvgIpc) is 2.57. The van der Waals surface area contributed by atoms with E-state index in [2.05, 4.69) is 19.6 Å². The number of methoxy groups -OCH3 is 1. The van der Waals surface area contributed by atoms with E-state index in [4.69, 9.17) is 14.9 Å². The molecule has 0 aliphatic heterocycles. The zero-order chi connectivity index (χ0) is 20.4. The fraction of sp³-hybridized carbons (Fsp3) is 0.368. The van der Waals surface area contributed by atoms with Crippen LogP contribution in [0.2, 0.25) is 19.6 Å². The summed E-state index contributed by atoms with van der Waals surface area (Å²) in [6, 6.07) is 10.2. The minimum absolute atomic E-state index is 0.168. The van der Waals surface area contributed by atoms with Crippen molar-refractivity contribution in [3.05, 3.63) is 47.5 Å². The lowest BCUT2D eigenvalue weighted by atomic mass is 9.98. The van der Waals surface area contributed by atoms with E-state index < -0.39 is 18.4 Å². The maximum absolute atomic E-state index is 11.9. The monoisotopic (exact) mass is 409 g/mol. The molecule has 6 nitrogen and oxygen atoms in total. The second-order valence-electron chi connectivity index (χ2n) is 7.39. The Hall–Kier alpha value is -1.71. The van der Waals surface area contributed by atoms with Crippen molar-refractivity contribution < 1.29 is 22.1 Å². The van der Waals surface area contributed by atoms with Gasteiger partial charge in [0.05, 0.1) is 13.2 Å². The van der Waals surface area contributed by atoms with Gasteiger partial charge < -0.3 is 14.9 Å². The highest BCUT2D eigenvalue weighted by atomic mass is 32.2. The Labute approximate surface area is 162 Å². The minimum Gasteiger partial charge on any atom is -0.496 e. The summed E-state index contributed by atoms with van der Waals surface area (Å²) in [6.07, 6.45) is -0.305. The zero-order valence-electron chi connectivity index (χ0n) is 16.3. The summed E-state index contributed by atoms with van der Waals surface area (Å²) in [6.45, 7) is 8.39. The third-order valence-corrected chi connectivity index (χ3v) is 5.91. The fourth-order valence-corrected chi connectivity index (χ4v) is 4.67. The van der Waals surface area contributed by atoms with E-state index in [0.717, 1.165) is 11.1 Å². The first-order chi connectivity index (χ1) is 12.5. The molecule has 2 aromatic rings. The molecule has 2 rings (SSSR count). The molecule has 27 heavy (non-hydrogen) atoms. The van der Waals surface area contributed by atoms with Crippen LogP contribution >= 0.6 is 0 Å². The Balaban J connectivity index is 2.69. The van der Waals surface area contributed by atoms with Gasteiger partial charge in [0.2, 0.25) is 0 Å². The van der Waals surface area contributed by atoms with Gasteiger partial charge in [0, 0.05) is 17.7 Å². The van der Waals surface area contributed by atoms with Crippen LogP contribution in [-0.2, 0) is 14.5 Å². The number of nitrogens with two attached hydrogens (primary N) is 1. The zero-order valence-corrected chi connectivity index (χ0v) is 18.1. The average molecular weight is 410 g/mol. The van der Waals surface area contributed by atoms with Gasteiger partial charge in [-0.15, -0.1) is 0 Å². The Kier molecular flexibility index (Phi) is 6.49. The van der Waals surface area contributed by atoms with Crippen LogP contribution in [0.4, 0.5) is 0 Å². The van der Waals surface area contributed by atoms with Gasteiger partial charge in [-0.25, -0.2) is 0 Å². The number of hydrogen-bond acceptors (Lipinski definition) is 5. The summed E-state index contributed by atoms with van der Waals surface area (Å²) in [7, 11) is -4.72. The van der Waals surface area contributed by atoms with Gasteiger partial charge in [-0.1, -0.05) is 17.7 Å². The molecule has 148 valence electrons. The minimum atomic E-state index is -4.40. The van der Waals surface area contributed by atoms with Crippen molar-refractivity contribution in [2.45, 2.75) is 37.6 Å². The lowest BCUT2D eigenvalue weighted by molar-refractivity contribution is 0.206. The van der Waals surface area contributed by atoms with Crippen LogP contribution in [-0.4, -0.2) is 34.9 Å². The lowest BCUT2D eigenvalue weighted by Gasteiger charge is -2.26. The normalized spacial score (nSPS) is 13.4. The second-order valence-corrected chi connectivity index (χ2v) is 13.2. The highest BCUT2D eigenvalue weighted by Crippen LogP contribution is 2.37. The SMILES string of the molecule is COc1ccc(C(CN)O[Si](C)(C)C)cc1-c1cc(C)ccc1S(=O)(=O)O. The highest BCUT2D eigenvalue weighted by Gasteiger charge is 2.24. The molecule has 0 aliphatic rings. The summed E-state index contributed by atoms with van der Waals surface area (Å²) < 4.78 is 45.0. The molecule has 3 N–H and O–H groups in total. The van der Waals surface area contributed by atoms with E-state index in [0.29, 0.717) is 23.4 Å². The van der Waals surface area contributed by atoms with Crippen molar-refractivity contribution in [2.75, 3.05) is 13.7 Å². The lowest BCUT2D eigenvalue weighted by Crippen LogP contribution is -2.31. The molecule has 8 heteroatoms. The molecule has 1 unspecified atom stereocenters. The summed E-state index contributed by atoms with van der Waals surface area (Å²) >= 11 is 0. The van der Waals surface area contributed by atoms with Crippen LogP contribution in [0, 0.1) is 6.92 Å².